The van der Waals surface area contributed by atoms with Gasteiger partial charge >= 0.3 is 0 Å². The number of hydrogen-bond acceptors (Lipinski definition) is 2. The highest BCUT2D eigenvalue weighted by atomic mass is 79.9. The molecule has 1 nitrogen and oxygen atoms in total. The van der Waals surface area contributed by atoms with Gasteiger partial charge in [0.2, 0.25) is 0 Å². The third kappa shape index (κ3) is 2.77. The Labute approximate surface area is 123 Å². The van der Waals surface area contributed by atoms with Gasteiger partial charge in [-0.1, -0.05) is 23.7 Å². The molecular weight excluding hydrogens is 337 g/mol. The molecule has 18 heavy (non-hydrogen) atoms. The molecule has 1 atom stereocenters. The van der Waals surface area contributed by atoms with Crippen molar-refractivity contribution in [3.63, 3.8) is 0 Å². The minimum atomic E-state index is -0.186. The number of nitrogens with one attached hydrogen (secondary N) is 1. The van der Waals surface area contributed by atoms with Gasteiger partial charge in [0.05, 0.1) is 14.9 Å². The van der Waals surface area contributed by atoms with Gasteiger partial charge in [0.1, 0.15) is 5.82 Å². The summed E-state index contributed by atoms with van der Waals surface area (Å²) < 4.78 is 14.5. The van der Waals surface area contributed by atoms with Crippen LogP contribution in [0.25, 0.3) is 0 Å². The molecule has 1 aromatic heterocycles. The van der Waals surface area contributed by atoms with Crippen LogP contribution in [0.15, 0.2) is 28.1 Å². The molecule has 0 bridgehead atoms. The van der Waals surface area contributed by atoms with E-state index in [-0.39, 0.29) is 11.9 Å². The van der Waals surface area contributed by atoms with Gasteiger partial charge in [-0.25, -0.2) is 4.39 Å². The van der Waals surface area contributed by atoms with Gasteiger partial charge in [0, 0.05) is 4.88 Å². The number of rotatable bonds is 3. The fourth-order valence-electron chi connectivity index (χ4n) is 1.77. The Morgan fingerprint density at radius 1 is 1.39 bits per heavy atom. The highest BCUT2D eigenvalue weighted by Crippen LogP contribution is 2.37. The monoisotopic (exact) mass is 347 g/mol. The van der Waals surface area contributed by atoms with E-state index in [1.54, 1.807) is 30.4 Å². The Hall–Kier alpha value is -0.420. The summed E-state index contributed by atoms with van der Waals surface area (Å²) in [5, 5.41) is 3.87. The molecule has 2 rings (SSSR count). The maximum Gasteiger partial charge on any atom is 0.126 e. The summed E-state index contributed by atoms with van der Waals surface area (Å²) in [5.41, 5.74) is 1.55. The lowest BCUT2D eigenvalue weighted by Crippen LogP contribution is -2.16. The predicted octanol–water partition coefficient (Wildman–Crippen LogP) is 4.92. The van der Waals surface area contributed by atoms with Crippen LogP contribution in [0.1, 0.15) is 22.0 Å². The van der Waals surface area contributed by atoms with Crippen LogP contribution >= 0.6 is 38.9 Å². The molecule has 1 heterocycles. The molecule has 0 aliphatic rings. The third-order valence-electron chi connectivity index (χ3n) is 2.77. The van der Waals surface area contributed by atoms with Crippen LogP contribution in [0, 0.1) is 12.7 Å². The first-order chi connectivity index (χ1) is 8.52. The van der Waals surface area contributed by atoms with Crippen molar-refractivity contribution in [2.24, 2.45) is 0 Å². The first-order valence-corrected chi connectivity index (χ1v) is 7.39. The van der Waals surface area contributed by atoms with Crippen LogP contribution in [0.5, 0.6) is 0 Å². The highest BCUT2D eigenvalue weighted by Gasteiger charge is 2.17. The topological polar surface area (TPSA) is 12.0 Å². The zero-order valence-electron chi connectivity index (χ0n) is 9.93. The van der Waals surface area contributed by atoms with Crippen molar-refractivity contribution >= 4 is 38.9 Å². The molecule has 0 fully saturated rings. The second kappa shape index (κ2) is 5.70. The third-order valence-corrected chi connectivity index (χ3v) is 5.31. The molecule has 1 aromatic carbocycles. The van der Waals surface area contributed by atoms with Crippen LogP contribution in [0.2, 0.25) is 5.02 Å². The Morgan fingerprint density at radius 2 is 2.11 bits per heavy atom. The lowest BCUT2D eigenvalue weighted by molar-refractivity contribution is 0.609. The van der Waals surface area contributed by atoms with Crippen molar-refractivity contribution < 1.29 is 4.39 Å². The lowest BCUT2D eigenvalue weighted by Gasteiger charge is -2.15. The van der Waals surface area contributed by atoms with Crippen molar-refractivity contribution in [1.82, 2.24) is 5.32 Å². The second-order valence-electron chi connectivity index (χ2n) is 4.00. The predicted molar refractivity (Wildman–Crippen MR) is 79.1 cm³/mol. The van der Waals surface area contributed by atoms with Crippen LogP contribution in [-0.4, -0.2) is 7.05 Å². The van der Waals surface area contributed by atoms with Crippen LogP contribution < -0.4 is 5.32 Å². The van der Waals surface area contributed by atoms with Gasteiger partial charge < -0.3 is 5.32 Å². The van der Waals surface area contributed by atoms with E-state index in [2.05, 4.69) is 21.2 Å². The van der Waals surface area contributed by atoms with E-state index in [0.29, 0.717) is 10.6 Å². The summed E-state index contributed by atoms with van der Waals surface area (Å²) in [6, 6.07) is 7.14. The van der Waals surface area contributed by atoms with Gasteiger partial charge in [-0.3, -0.25) is 0 Å². The number of halogens is 3. The Morgan fingerprint density at radius 3 is 2.61 bits per heavy atom. The molecule has 5 heteroatoms. The van der Waals surface area contributed by atoms with Gasteiger partial charge in [-0.15, -0.1) is 11.3 Å². The van der Waals surface area contributed by atoms with Gasteiger partial charge in [0.15, 0.2) is 0 Å². The quantitative estimate of drug-likeness (QED) is 0.830. The number of thiophene rings is 1. The summed E-state index contributed by atoms with van der Waals surface area (Å²) in [7, 11) is 1.85. The minimum absolute atomic E-state index is 0.0473. The van der Waals surface area contributed by atoms with Crippen molar-refractivity contribution in [2.45, 2.75) is 13.0 Å². The van der Waals surface area contributed by atoms with E-state index < -0.39 is 0 Å². The van der Waals surface area contributed by atoms with Crippen LogP contribution in [0.3, 0.4) is 0 Å². The highest BCUT2D eigenvalue weighted by molar-refractivity contribution is 9.11. The molecule has 1 unspecified atom stereocenters. The normalized spacial score (nSPS) is 12.7. The molecule has 0 amide bonds. The molecular formula is C13H12BrClFNS. The van der Waals surface area contributed by atoms with E-state index in [1.165, 1.54) is 0 Å². The van der Waals surface area contributed by atoms with Gasteiger partial charge in [-0.2, -0.15) is 0 Å². The van der Waals surface area contributed by atoms with E-state index in [0.717, 1.165) is 14.2 Å². The van der Waals surface area contributed by atoms with Gasteiger partial charge in [-0.05, 0) is 53.2 Å². The largest absolute Gasteiger partial charge is 0.309 e. The smallest absolute Gasteiger partial charge is 0.126 e. The molecule has 0 spiro atoms. The summed E-state index contributed by atoms with van der Waals surface area (Å²) in [4.78, 5) is 1.05. The molecule has 1 N–H and O–H groups in total. The van der Waals surface area contributed by atoms with Crippen LogP contribution in [-0.2, 0) is 0 Å². The Balaban J connectivity index is 2.41. The van der Waals surface area contributed by atoms with E-state index in [1.807, 2.05) is 19.2 Å². The van der Waals surface area contributed by atoms with Gasteiger partial charge in [0.25, 0.3) is 0 Å². The van der Waals surface area contributed by atoms with Crippen molar-refractivity contribution in [2.75, 3.05) is 7.05 Å². The lowest BCUT2D eigenvalue weighted by atomic mass is 10.0. The summed E-state index contributed by atoms with van der Waals surface area (Å²) in [5.74, 6) is -0.186. The zero-order valence-corrected chi connectivity index (χ0v) is 13.1. The summed E-state index contributed by atoms with van der Waals surface area (Å²) in [6.45, 7) is 1.76. The maximum absolute atomic E-state index is 13.6. The van der Waals surface area contributed by atoms with Crippen LogP contribution in [0.4, 0.5) is 4.39 Å². The molecule has 0 aliphatic heterocycles. The van der Waals surface area contributed by atoms with Crippen molar-refractivity contribution in [3.8, 4) is 0 Å². The Kier molecular flexibility index (Phi) is 4.43. The van der Waals surface area contributed by atoms with E-state index >= 15 is 0 Å². The standard InChI is InChI=1S/C13H12BrClFNS/c1-7-3-4-8(5-10(7)16)12(17-2)11-6-9(15)13(14)18-11/h3-6,12,17H,1-2H3. The SMILES string of the molecule is CNC(c1ccc(C)c(F)c1)c1cc(Cl)c(Br)s1. The Bertz CT molecular complexity index is 551. The molecule has 0 aliphatic carbocycles. The summed E-state index contributed by atoms with van der Waals surface area (Å²) >= 11 is 11.0. The first-order valence-electron chi connectivity index (χ1n) is 5.41. The average Bonchev–Trinajstić information content (AvgIpc) is 2.65. The number of aryl methyl sites for hydroxylation is 1. The fourth-order valence-corrected chi connectivity index (χ4v) is 3.65. The molecule has 0 radical (unpaired) electrons. The molecule has 0 saturated carbocycles. The summed E-state index contributed by atoms with van der Waals surface area (Å²) in [6.07, 6.45) is 0. The maximum atomic E-state index is 13.6. The second-order valence-corrected chi connectivity index (χ2v) is 6.81. The average molecular weight is 349 g/mol. The van der Waals surface area contributed by atoms with E-state index in [4.69, 9.17) is 11.6 Å². The molecule has 96 valence electrons. The number of hydrogen-bond donors (Lipinski definition) is 1. The first kappa shape index (κ1) is 14.0. The molecule has 0 saturated heterocycles. The number of benzene rings is 1. The van der Waals surface area contributed by atoms with Crippen molar-refractivity contribution in [1.29, 1.82) is 0 Å². The van der Waals surface area contributed by atoms with E-state index in [9.17, 15) is 4.39 Å². The fraction of sp³-hybridized carbons (Fsp3) is 0.231. The zero-order chi connectivity index (χ0) is 13.3. The minimum Gasteiger partial charge on any atom is -0.309 e. The van der Waals surface area contributed by atoms with Crippen molar-refractivity contribution in [3.05, 3.63) is 54.9 Å². The molecule has 2 aromatic rings.